The van der Waals surface area contributed by atoms with Crippen LogP contribution in [-0.4, -0.2) is 22.7 Å². The number of hydrogen-bond donors (Lipinski definition) is 0. The van der Waals surface area contributed by atoms with Crippen LogP contribution in [0.3, 0.4) is 0 Å². The number of allylic oxidation sites excluding steroid dienone is 1. The highest BCUT2D eigenvalue weighted by atomic mass is 35.5. The van der Waals surface area contributed by atoms with Crippen molar-refractivity contribution in [2.75, 3.05) is 6.61 Å². The van der Waals surface area contributed by atoms with E-state index in [9.17, 15) is 4.79 Å². The molecule has 0 spiro atoms. The summed E-state index contributed by atoms with van der Waals surface area (Å²) in [4.78, 5) is 12.5. The monoisotopic (exact) mass is 410 g/mol. The van der Waals surface area contributed by atoms with Crippen molar-refractivity contribution in [2.24, 2.45) is 5.92 Å². The van der Waals surface area contributed by atoms with Crippen molar-refractivity contribution in [3.05, 3.63) is 42.0 Å². The van der Waals surface area contributed by atoms with E-state index in [2.05, 4.69) is 45.0 Å². The van der Waals surface area contributed by atoms with Crippen LogP contribution in [-0.2, 0) is 9.53 Å². The van der Waals surface area contributed by atoms with Gasteiger partial charge in [0.15, 0.2) is 0 Å². The van der Waals surface area contributed by atoms with Crippen molar-refractivity contribution >= 4 is 29.3 Å². The Morgan fingerprint density at radius 2 is 1.89 bits per heavy atom. The Hall–Kier alpha value is -0.930. The second-order valence-corrected chi connectivity index (χ2v) is 10.1. The van der Waals surface area contributed by atoms with Gasteiger partial charge in [-0.25, -0.2) is 4.79 Å². The molecule has 27 heavy (non-hydrogen) atoms. The highest BCUT2D eigenvalue weighted by molar-refractivity contribution is 8.00. The van der Waals surface area contributed by atoms with Gasteiger partial charge in [-0.1, -0.05) is 37.1 Å². The second-order valence-electron chi connectivity index (χ2n) is 7.80. The SMILES string of the molecule is CCOC(=O)/C=C(\C)CCCC(C)CCC(Sc1ccccc1)C(C)(C)Cl. The van der Waals surface area contributed by atoms with E-state index >= 15 is 0 Å². The Morgan fingerprint density at radius 1 is 1.22 bits per heavy atom. The normalized spacial score (nSPS) is 14.7. The quantitative estimate of drug-likeness (QED) is 0.157. The summed E-state index contributed by atoms with van der Waals surface area (Å²) < 4.78 is 4.96. The van der Waals surface area contributed by atoms with Crippen molar-refractivity contribution in [1.29, 1.82) is 0 Å². The molecule has 2 atom stereocenters. The van der Waals surface area contributed by atoms with Crippen molar-refractivity contribution in [3.8, 4) is 0 Å². The standard InChI is InChI=1S/C23H35ClO2S/c1-6-26-22(25)17-19(3)12-10-11-18(2)15-16-21(23(4,5)24)27-20-13-8-7-9-14-20/h7-9,13-14,17-18,21H,6,10-12,15-16H2,1-5H3/b19-17+. The molecule has 2 nitrogen and oxygen atoms in total. The van der Waals surface area contributed by atoms with Crippen LogP contribution >= 0.6 is 23.4 Å². The van der Waals surface area contributed by atoms with E-state index in [0.717, 1.165) is 24.8 Å². The Kier molecular flexibility index (Phi) is 11.2. The lowest BCUT2D eigenvalue weighted by Gasteiger charge is -2.29. The highest BCUT2D eigenvalue weighted by Gasteiger charge is 2.28. The minimum Gasteiger partial charge on any atom is -0.463 e. The summed E-state index contributed by atoms with van der Waals surface area (Å²) >= 11 is 8.57. The van der Waals surface area contributed by atoms with Gasteiger partial charge in [-0.2, -0.15) is 0 Å². The lowest BCUT2D eigenvalue weighted by atomic mass is 9.94. The van der Waals surface area contributed by atoms with Gasteiger partial charge in [0.05, 0.1) is 11.5 Å². The maximum absolute atomic E-state index is 11.5. The number of esters is 1. The van der Waals surface area contributed by atoms with Gasteiger partial charge in [0, 0.05) is 16.2 Å². The third-order valence-corrected chi connectivity index (χ3v) is 6.67. The third-order valence-electron chi connectivity index (χ3n) is 4.63. The molecule has 0 radical (unpaired) electrons. The second kappa shape index (κ2) is 12.5. The predicted octanol–water partition coefficient (Wildman–Crippen LogP) is 7.26. The van der Waals surface area contributed by atoms with Crippen LogP contribution < -0.4 is 0 Å². The zero-order valence-electron chi connectivity index (χ0n) is 17.5. The van der Waals surface area contributed by atoms with Crippen molar-refractivity contribution < 1.29 is 9.53 Å². The zero-order valence-corrected chi connectivity index (χ0v) is 19.0. The fourth-order valence-electron chi connectivity index (χ4n) is 2.97. The van der Waals surface area contributed by atoms with E-state index in [1.807, 2.05) is 31.7 Å². The summed E-state index contributed by atoms with van der Waals surface area (Å²) in [5, 5.41) is 0.384. The number of ether oxygens (including phenoxy) is 1. The summed E-state index contributed by atoms with van der Waals surface area (Å²) in [6, 6.07) is 10.5. The molecule has 0 saturated heterocycles. The smallest absolute Gasteiger partial charge is 0.330 e. The fourth-order valence-corrected chi connectivity index (χ4v) is 4.39. The van der Waals surface area contributed by atoms with Crippen LogP contribution in [0.25, 0.3) is 0 Å². The van der Waals surface area contributed by atoms with Crippen LogP contribution in [0.5, 0.6) is 0 Å². The minimum atomic E-state index is -0.237. The van der Waals surface area contributed by atoms with Gasteiger partial charge in [0.2, 0.25) is 0 Å². The van der Waals surface area contributed by atoms with Crippen LogP contribution in [0.4, 0.5) is 0 Å². The number of carbonyl (C=O) groups is 1. The fraction of sp³-hybridized carbons (Fsp3) is 0.609. The number of alkyl halides is 1. The maximum atomic E-state index is 11.5. The first kappa shape index (κ1) is 24.1. The topological polar surface area (TPSA) is 26.3 Å². The van der Waals surface area contributed by atoms with Crippen LogP contribution in [0.2, 0.25) is 0 Å². The third kappa shape index (κ3) is 10.8. The molecule has 4 heteroatoms. The molecule has 0 fully saturated rings. The lowest BCUT2D eigenvalue weighted by molar-refractivity contribution is -0.137. The Labute approximate surface area is 175 Å². The number of hydrogen-bond acceptors (Lipinski definition) is 3. The van der Waals surface area contributed by atoms with E-state index in [4.69, 9.17) is 16.3 Å². The molecule has 0 bridgehead atoms. The molecule has 0 aliphatic heterocycles. The molecule has 1 aromatic carbocycles. The average Bonchev–Trinajstić information content (AvgIpc) is 2.58. The maximum Gasteiger partial charge on any atom is 0.330 e. The summed E-state index contributed by atoms with van der Waals surface area (Å²) in [6.07, 6.45) is 7.11. The highest BCUT2D eigenvalue weighted by Crippen LogP contribution is 2.38. The number of halogens is 1. The first-order valence-corrected chi connectivity index (χ1v) is 11.2. The first-order valence-electron chi connectivity index (χ1n) is 9.97. The molecule has 0 N–H and O–H groups in total. The van der Waals surface area contributed by atoms with Gasteiger partial charge >= 0.3 is 5.97 Å². The first-order chi connectivity index (χ1) is 12.7. The van der Waals surface area contributed by atoms with E-state index in [1.54, 1.807) is 6.08 Å². The molecule has 1 aromatic rings. The van der Waals surface area contributed by atoms with Gasteiger partial charge in [0.25, 0.3) is 0 Å². The summed E-state index contributed by atoms with van der Waals surface area (Å²) in [5.74, 6) is 0.423. The van der Waals surface area contributed by atoms with E-state index in [-0.39, 0.29) is 10.8 Å². The van der Waals surface area contributed by atoms with Gasteiger partial charge < -0.3 is 4.74 Å². The van der Waals surface area contributed by atoms with Gasteiger partial charge in [-0.3, -0.25) is 0 Å². The van der Waals surface area contributed by atoms with Gasteiger partial charge in [-0.05, 0) is 71.4 Å². The molecular weight excluding hydrogens is 376 g/mol. The molecule has 1 rings (SSSR count). The molecular formula is C23H35ClO2S. The molecule has 0 aliphatic rings. The van der Waals surface area contributed by atoms with E-state index < -0.39 is 0 Å². The Bertz CT molecular complexity index is 578. The molecule has 0 saturated carbocycles. The van der Waals surface area contributed by atoms with E-state index in [1.165, 1.54) is 17.7 Å². The van der Waals surface area contributed by atoms with Gasteiger partial charge in [0.1, 0.15) is 0 Å². The molecule has 0 amide bonds. The van der Waals surface area contributed by atoms with Crippen LogP contribution in [0.15, 0.2) is 46.9 Å². The summed E-state index contributed by atoms with van der Waals surface area (Å²) in [5.41, 5.74) is 1.10. The largest absolute Gasteiger partial charge is 0.463 e. The number of carbonyl (C=O) groups excluding carboxylic acids is 1. The summed E-state index contributed by atoms with van der Waals surface area (Å²) in [6.45, 7) is 10.8. The predicted molar refractivity (Wildman–Crippen MR) is 119 cm³/mol. The zero-order chi connectivity index (χ0) is 20.3. The molecule has 0 aromatic heterocycles. The van der Waals surface area contributed by atoms with Crippen molar-refractivity contribution in [3.63, 3.8) is 0 Å². The van der Waals surface area contributed by atoms with Gasteiger partial charge in [-0.15, -0.1) is 23.4 Å². The molecule has 152 valence electrons. The minimum absolute atomic E-state index is 0.229. The average molecular weight is 411 g/mol. The van der Waals surface area contributed by atoms with Crippen LogP contribution in [0.1, 0.15) is 66.7 Å². The van der Waals surface area contributed by atoms with Crippen LogP contribution in [0, 0.1) is 5.92 Å². The molecule has 2 unspecified atom stereocenters. The number of thioether (sulfide) groups is 1. The summed E-state index contributed by atoms with van der Waals surface area (Å²) in [7, 11) is 0. The van der Waals surface area contributed by atoms with Crippen molar-refractivity contribution in [1.82, 2.24) is 0 Å². The molecule has 0 heterocycles. The van der Waals surface area contributed by atoms with Crippen molar-refractivity contribution in [2.45, 2.75) is 81.7 Å². The Morgan fingerprint density at radius 3 is 2.48 bits per heavy atom. The number of rotatable bonds is 12. The van der Waals surface area contributed by atoms with E-state index in [0.29, 0.717) is 17.8 Å². The lowest BCUT2D eigenvalue weighted by Crippen LogP contribution is -2.28. The molecule has 0 aliphatic carbocycles. The Balaban J connectivity index is 2.41. The number of benzene rings is 1.